The molecule has 0 saturated carbocycles. The molecule has 1 atom stereocenters. The molecule has 3 heterocycles. The minimum Gasteiger partial charge on any atom is -0.348 e. The molecule has 0 aromatic carbocycles. The van der Waals surface area contributed by atoms with Crippen molar-refractivity contribution in [3.8, 4) is 0 Å². The summed E-state index contributed by atoms with van der Waals surface area (Å²) in [5.74, 6) is -0.0821. The number of piperidine rings is 1. The van der Waals surface area contributed by atoms with E-state index in [4.69, 9.17) is 9.47 Å². The number of carbonyl (C=O) groups excluding carboxylic acids is 1. The zero-order chi connectivity index (χ0) is 13.9. The lowest BCUT2D eigenvalue weighted by atomic mass is 10.0. The number of likely N-dealkylation sites (tertiary alicyclic amines) is 1. The number of hydrogen-bond acceptors (Lipinski definition) is 5. The Hall–Kier alpha value is -1.53. The summed E-state index contributed by atoms with van der Waals surface area (Å²) in [6, 6.07) is -0.0122. The minimum absolute atomic E-state index is 0.0122. The molecule has 6 nitrogen and oxygen atoms in total. The summed E-state index contributed by atoms with van der Waals surface area (Å²) in [6.45, 7) is 3.79. The van der Waals surface area contributed by atoms with Gasteiger partial charge in [0, 0.05) is 12.7 Å². The molecule has 0 bridgehead atoms. The fraction of sp³-hybridized carbons (Fsp3) is 0.643. The van der Waals surface area contributed by atoms with Gasteiger partial charge in [-0.1, -0.05) is 0 Å². The molecule has 2 fully saturated rings. The molecular weight excluding hydrogens is 258 g/mol. The summed E-state index contributed by atoms with van der Waals surface area (Å²) >= 11 is 0. The molecule has 2 saturated heterocycles. The number of rotatable bonds is 2. The predicted octanol–water partition coefficient (Wildman–Crippen LogP) is 1.15. The summed E-state index contributed by atoms with van der Waals surface area (Å²) in [6.07, 6.45) is 5.88. The molecule has 1 aromatic heterocycles. The largest absolute Gasteiger partial charge is 0.348 e. The van der Waals surface area contributed by atoms with Crippen LogP contribution in [-0.2, 0) is 9.47 Å². The van der Waals surface area contributed by atoms with Gasteiger partial charge in [-0.3, -0.25) is 9.78 Å². The van der Waals surface area contributed by atoms with Gasteiger partial charge in [-0.05, 0) is 26.2 Å². The van der Waals surface area contributed by atoms with Crippen LogP contribution in [0.15, 0.2) is 12.4 Å². The lowest BCUT2D eigenvalue weighted by molar-refractivity contribution is -0.100. The van der Waals surface area contributed by atoms with Crippen molar-refractivity contribution in [3.63, 3.8) is 0 Å². The number of aromatic nitrogens is 2. The quantitative estimate of drug-likeness (QED) is 0.811. The molecule has 2 aliphatic heterocycles. The van der Waals surface area contributed by atoms with Crippen molar-refractivity contribution in [2.24, 2.45) is 0 Å². The predicted molar refractivity (Wildman–Crippen MR) is 71.1 cm³/mol. The number of carbonyl (C=O) groups is 1. The maximum atomic E-state index is 12.6. The molecule has 108 valence electrons. The molecule has 0 N–H and O–H groups in total. The van der Waals surface area contributed by atoms with Crippen molar-refractivity contribution >= 4 is 5.91 Å². The Labute approximate surface area is 118 Å². The molecule has 3 rings (SSSR count). The molecular formula is C14H19N3O3. The van der Waals surface area contributed by atoms with Gasteiger partial charge in [-0.25, -0.2) is 4.98 Å². The first-order valence-corrected chi connectivity index (χ1v) is 7.08. The second-order valence-electron chi connectivity index (χ2n) is 5.21. The number of nitrogens with zero attached hydrogens (tertiary/aromatic N) is 3. The normalized spacial score (nSPS) is 24.1. The Morgan fingerprint density at radius 2 is 2.05 bits per heavy atom. The minimum atomic E-state index is -0.294. The Morgan fingerprint density at radius 3 is 2.75 bits per heavy atom. The Bertz CT molecular complexity index is 471. The third-order valence-corrected chi connectivity index (χ3v) is 3.77. The van der Waals surface area contributed by atoms with E-state index >= 15 is 0 Å². The standard InChI is InChI=1S/C14H19N3O3/c1-10-8-16-11(9-15-10)13(18)17-5-3-2-4-12(17)14-19-6-7-20-14/h8-9,12,14H,2-7H2,1H3/t12-/m1/s1. The molecule has 0 radical (unpaired) electrons. The highest BCUT2D eigenvalue weighted by Crippen LogP contribution is 2.25. The van der Waals surface area contributed by atoms with Gasteiger partial charge in [0.25, 0.3) is 5.91 Å². The first-order chi connectivity index (χ1) is 9.75. The Kier molecular flexibility index (Phi) is 3.93. The lowest BCUT2D eigenvalue weighted by Gasteiger charge is -2.37. The van der Waals surface area contributed by atoms with Crippen molar-refractivity contribution in [1.29, 1.82) is 0 Å². The molecule has 1 aromatic rings. The van der Waals surface area contributed by atoms with Gasteiger partial charge in [-0.15, -0.1) is 0 Å². The van der Waals surface area contributed by atoms with E-state index in [1.807, 2.05) is 11.8 Å². The molecule has 0 unspecified atom stereocenters. The van der Waals surface area contributed by atoms with Crippen LogP contribution >= 0.6 is 0 Å². The molecule has 2 aliphatic rings. The van der Waals surface area contributed by atoms with Crippen molar-refractivity contribution in [3.05, 3.63) is 23.8 Å². The van der Waals surface area contributed by atoms with Crippen LogP contribution in [0.2, 0.25) is 0 Å². The summed E-state index contributed by atoms with van der Waals surface area (Å²) in [7, 11) is 0. The van der Waals surface area contributed by atoms with Crippen molar-refractivity contribution in [2.75, 3.05) is 19.8 Å². The summed E-state index contributed by atoms with van der Waals surface area (Å²) in [5, 5.41) is 0. The van der Waals surface area contributed by atoms with Gasteiger partial charge in [-0.2, -0.15) is 0 Å². The number of hydrogen-bond donors (Lipinski definition) is 0. The van der Waals surface area contributed by atoms with Gasteiger partial charge < -0.3 is 14.4 Å². The molecule has 20 heavy (non-hydrogen) atoms. The van der Waals surface area contributed by atoms with Crippen molar-refractivity contribution in [2.45, 2.75) is 38.5 Å². The summed E-state index contributed by atoms with van der Waals surface area (Å²) in [4.78, 5) is 22.7. The van der Waals surface area contributed by atoms with E-state index in [-0.39, 0.29) is 18.2 Å². The van der Waals surface area contributed by atoms with Crippen LogP contribution in [0.3, 0.4) is 0 Å². The van der Waals surface area contributed by atoms with Gasteiger partial charge in [0.2, 0.25) is 0 Å². The highest BCUT2D eigenvalue weighted by atomic mass is 16.7. The second-order valence-corrected chi connectivity index (χ2v) is 5.21. The number of aryl methyl sites for hydroxylation is 1. The average molecular weight is 277 g/mol. The molecule has 0 aliphatic carbocycles. The van der Waals surface area contributed by atoms with Crippen LogP contribution < -0.4 is 0 Å². The van der Waals surface area contributed by atoms with E-state index < -0.39 is 0 Å². The number of ether oxygens (including phenoxy) is 2. The van der Waals surface area contributed by atoms with Gasteiger partial charge in [0.15, 0.2) is 6.29 Å². The topological polar surface area (TPSA) is 64.6 Å². The van der Waals surface area contributed by atoms with Crippen LogP contribution in [0.1, 0.15) is 35.4 Å². The Morgan fingerprint density at radius 1 is 1.25 bits per heavy atom. The molecule has 1 amide bonds. The van der Waals surface area contributed by atoms with E-state index in [1.54, 1.807) is 12.4 Å². The monoisotopic (exact) mass is 277 g/mol. The Balaban J connectivity index is 1.78. The van der Waals surface area contributed by atoms with Crippen molar-refractivity contribution < 1.29 is 14.3 Å². The van der Waals surface area contributed by atoms with Gasteiger partial charge in [0.1, 0.15) is 5.69 Å². The molecule has 6 heteroatoms. The van der Waals surface area contributed by atoms with Crippen LogP contribution in [0.4, 0.5) is 0 Å². The van der Waals surface area contributed by atoms with E-state index in [0.29, 0.717) is 18.9 Å². The van der Waals surface area contributed by atoms with E-state index in [2.05, 4.69) is 9.97 Å². The first-order valence-electron chi connectivity index (χ1n) is 7.08. The second kappa shape index (κ2) is 5.85. The zero-order valence-electron chi connectivity index (χ0n) is 11.6. The zero-order valence-corrected chi connectivity index (χ0v) is 11.6. The summed E-state index contributed by atoms with van der Waals surface area (Å²) < 4.78 is 11.2. The maximum absolute atomic E-state index is 12.6. The molecule has 0 spiro atoms. The highest BCUT2D eigenvalue weighted by Gasteiger charge is 2.36. The highest BCUT2D eigenvalue weighted by molar-refractivity contribution is 5.92. The van der Waals surface area contributed by atoms with Crippen LogP contribution in [0.5, 0.6) is 0 Å². The van der Waals surface area contributed by atoms with Crippen LogP contribution in [0.25, 0.3) is 0 Å². The van der Waals surface area contributed by atoms with Gasteiger partial charge in [0.05, 0.1) is 31.1 Å². The van der Waals surface area contributed by atoms with E-state index in [0.717, 1.165) is 31.5 Å². The lowest BCUT2D eigenvalue weighted by Crippen LogP contribution is -2.50. The van der Waals surface area contributed by atoms with Crippen LogP contribution in [-0.4, -0.2) is 52.9 Å². The fourth-order valence-corrected chi connectivity index (χ4v) is 2.74. The number of amides is 1. The smallest absolute Gasteiger partial charge is 0.274 e. The summed E-state index contributed by atoms with van der Waals surface area (Å²) in [5.41, 5.74) is 1.19. The van der Waals surface area contributed by atoms with E-state index in [1.165, 1.54) is 0 Å². The third kappa shape index (κ3) is 2.66. The third-order valence-electron chi connectivity index (χ3n) is 3.77. The van der Waals surface area contributed by atoms with E-state index in [9.17, 15) is 4.79 Å². The van der Waals surface area contributed by atoms with Crippen LogP contribution in [0, 0.1) is 6.92 Å². The SMILES string of the molecule is Cc1cnc(C(=O)N2CCCC[C@@H]2C2OCCO2)cn1. The fourth-order valence-electron chi connectivity index (χ4n) is 2.74. The average Bonchev–Trinajstić information content (AvgIpc) is 3.01. The maximum Gasteiger partial charge on any atom is 0.274 e. The van der Waals surface area contributed by atoms with Gasteiger partial charge >= 0.3 is 0 Å². The van der Waals surface area contributed by atoms with Crippen molar-refractivity contribution in [1.82, 2.24) is 14.9 Å². The first kappa shape index (κ1) is 13.5.